The zero-order valence-corrected chi connectivity index (χ0v) is 20.7. The first-order chi connectivity index (χ1) is 16.3. The maximum absolute atomic E-state index is 12.6. The van der Waals surface area contributed by atoms with E-state index in [9.17, 15) is 9.59 Å². The molecular weight excluding hydrogens is 473 g/mol. The van der Waals surface area contributed by atoms with Crippen molar-refractivity contribution < 1.29 is 14.0 Å². The molecule has 0 unspecified atom stereocenters. The highest BCUT2D eigenvalue weighted by molar-refractivity contribution is 6.42. The van der Waals surface area contributed by atoms with Crippen molar-refractivity contribution in [2.24, 2.45) is 5.92 Å². The van der Waals surface area contributed by atoms with Gasteiger partial charge in [0.25, 0.3) is 5.91 Å². The number of carbonyl (C=O) groups excluding carboxylic acids is 2. The molecule has 0 radical (unpaired) electrons. The third-order valence-corrected chi connectivity index (χ3v) is 6.48. The van der Waals surface area contributed by atoms with Gasteiger partial charge in [-0.1, -0.05) is 37.0 Å². The van der Waals surface area contributed by atoms with E-state index in [0.717, 1.165) is 37.4 Å². The molecule has 4 rings (SSSR count). The number of furan rings is 1. The fourth-order valence-corrected chi connectivity index (χ4v) is 4.20. The molecule has 1 aromatic heterocycles. The summed E-state index contributed by atoms with van der Waals surface area (Å²) in [5, 5.41) is 3.74. The molecule has 0 aliphatic carbocycles. The van der Waals surface area contributed by atoms with E-state index in [1.807, 2.05) is 29.2 Å². The number of hydrogen-bond acceptors (Lipinski definition) is 4. The van der Waals surface area contributed by atoms with E-state index in [2.05, 4.69) is 24.1 Å². The lowest BCUT2D eigenvalue weighted by Gasteiger charge is -2.36. The molecule has 1 aliphatic heterocycles. The molecule has 3 aromatic rings. The fourth-order valence-electron chi connectivity index (χ4n) is 3.91. The number of carbonyl (C=O) groups is 2. The first-order valence-corrected chi connectivity index (χ1v) is 12.0. The van der Waals surface area contributed by atoms with E-state index in [1.165, 1.54) is 0 Å². The van der Waals surface area contributed by atoms with Gasteiger partial charge in [-0.05, 0) is 60.5 Å². The molecule has 34 heavy (non-hydrogen) atoms. The molecule has 0 atom stereocenters. The SMILES string of the molecule is CC(C)CC(=O)N1CCN(c2ccc(NC(=O)c3ccc(-c4ccc(Cl)c(Cl)c4)o3)cc2)CC1. The van der Waals surface area contributed by atoms with Crippen LogP contribution < -0.4 is 10.2 Å². The van der Waals surface area contributed by atoms with E-state index >= 15 is 0 Å². The Kier molecular flexibility index (Phi) is 7.49. The van der Waals surface area contributed by atoms with Crippen LogP contribution in [0.5, 0.6) is 0 Å². The molecule has 1 saturated heterocycles. The van der Waals surface area contributed by atoms with Crippen molar-refractivity contribution in [2.45, 2.75) is 20.3 Å². The number of piperazine rings is 1. The minimum atomic E-state index is -0.337. The molecule has 1 fully saturated rings. The molecular formula is C26H27Cl2N3O3. The molecule has 6 nitrogen and oxygen atoms in total. The van der Waals surface area contributed by atoms with E-state index in [4.69, 9.17) is 27.6 Å². The predicted octanol–water partition coefficient (Wildman–Crippen LogP) is 6.20. The van der Waals surface area contributed by atoms with Crippen molar-refractivity contribution in [1.29, 1.82) is 0 Å². The predicted molar refractivity (Wildman–Crippen MR) is 137 cm³/mol. The van der Waals surface area contributed by atoms with Crippen LogP contribution in [0.1, 0.15) is 30.8 Å². The van der Waals surface area contributed by atoms with E-state index in [0.29, 0.717) is 33.8 Å². The minimum absolute atomic E-state index is 0.201. The number of nitrogens with one attached hydrogen (secondary N) is 1. The highest BCUT2D eigenvalue weighted by Crippen LogP contribution is 2.30. The van der Waals surface area contributed by atoms with Crippen LogP contribution in [0.15, 0.2) is 59.0 Å². The van der Waals surface area contributed by atoms with Gasteiger partial charge in [-0.2, -0.15) is 0 Å². The van der Waals surface area contributed by atoms with Gasteiger partial charge in [0.15, 0.2) is 5.76 Å². The Morgan fingerprint density at radius 2 is 1.65 bits per heavy atom. The molecule has 0 saturated carbocycles. The maximum Gasteiger partial charge on any atom is 0.291 e. The molecule has 2 amide bonds. The molecule has 8 heteroatoms. The number of benzene rings is 2. The number of halogens is 2. The van der Waals surface area contributed by atoms with E-state index in [1.54, 1.807) is 30.3 Å². The summed E-state index contributed by atoms with van der Waals surface area (Å²) >= 11 is 12.0. The van der Waals surface area contributed by atoms with Gasteiger partial charge in [-0.25, -0.2) is 0 Å². The topological polar surface area (TPSA) is 65.8 Å². The summed E-state index contributed by atoms with van der Waals surface area (Å²) in [5.74, 6) is 0.999. The molecule has 2 aromatic carbocycles. The van der Waals surface area contributed by atoms with Crippen LogP contribution in [0.4, 0.5) is 11.4 Å². The third kappa shape index (κ3) is 5.75. The average Bonchev–Trinajstić information content (AvgIpc) is 3.32. The number of nitrogens with zero attached hydrogens (tertiary/aromatic N) is 2. The summed E-state index contributed by atoms with van der Waals surface area (Å²) in [6, 6.07) is 16.2. The van der Waals surface area contributed by atoms with E-state index in [-0.39, 0.29) is 17.6 Å². The molecule has 178 valence electrons. The van der Waals surface area contributed by atoms with Crippen LogP contribution >= 0.6 is 23.2 Å². The largest absolute Gasteiger partial charge is 0.451 e. The van der Waals surface area contributed by atoms with Gasteiger partial charge in [0.05, 0.1) is 10.0 Å². The van der Waals surface area contributed by atoms with Crippen molar-refractivity contribution in [3.8, 4) is 11.3 Å². The summed E-state index contributed by atoms with van der Waals surface area (Å²) in [5.41, 5.74) is 2.48. The first kappa shape index (κ1) is 24.2. The summed E-state index contributed by atoms with van der Waals surface area (Å²) in [6.45, 7) is 7.16. The summed E-state index contributed by atoms with van der Waals surface area (Å²) in [4.78, 5) is 29.1. The second kappa shape index (κ2) is 10.5. The summed E-state index contributed by atoms with van der Waals surface area (Å²) in [7, 11) is 0. The normalized spacial score (nSPS) is 13.9. The van der Waals surface area contributed by atoms with Crippen LogP contribution in [0, 0.1) is 5.92 Å². The second-order valence-electron chi connectivity index (χ2n) is 8.76. The van der Waals surface area contributed by atoms with Crippen LogP contribution in [0.2, 0.25) is 10.0 Å². The molecule has 2 heterocycles. The van der Waals surface area contributed by atoms with Gasteiger partial charge < -0.3 is 19.5 Å². The van der Waals surface area contributed by atoms with Crippen molar-refractivity contribution in [2.75, 3.05) is 36.4 Å². The van der Waals surface area contributed by atoms with Crippen LogP contribution in [-0.2, 0) is 4.79 Å². The van der Waals surface area contributed by atoms with Gasteiger partial charge in [0.1, 0.15) is 5.76 Å². The average molecular weight is 500 g/mol. The standard InChI is InChI=1S/C26H27Cl2N3O3/c1-17(2)15-25(32)31-13-11-30(12-14-31)20-6-4-19(5-7-20)29-26(33)24-10-9-23(34-24)18-3-8-21(27)22(28)16-18/h3-10,16-17H,11-15H2,1-2H3,(H,29,33). The van der Waals surface area contributed by atoms with Crippen LogP contribution in [0.3, 0.4) is 0 Å². The number of hydrogen-bond donors (Lipinski definition) is 1. The third-order valence-electron chi connectivity index (χ3n) is 5.74. The van der Waals surface area contributed by atoms with Gasteiger partial charge in [0, 0.05) is 49.5 Å². The Balaban J connectivity index is 1.33. The highest BCUT2D eigenvalue weighted by Gasteiger charge is 2.22. The monoisotopic (exact) mass is 499 g/mol. The Bertz CT molecular complexity index is 1170. The van der Waals surface area contributed by atoms with Gasteiger partial charge in [-0.3, -0.25) is 9.59 Å². The van der Waals surface area contributed by atoms with Crippen molar-refractivity contribution in [3.63, 3.8) is 0 Å². The molecule has 0 spiro atoms. The molecule has 1 N–H and O–H groups in total. The smallest absolute Gasteiger partial charge is 0.291 e. The summed E-state index contributed by atoms with van der Waals surface area (Å²) < 4.78 is 5.72. The zero-order valence-electron chi connectivity index (χ0n) is 19.2. The van der Waals surface area contributed by atoms with Gasteiger partial charge >= 0.3 is 0 Å². The van der Waals surface area contributed by atoms with Crippen molar-refractivity contribution in [1.82, 2.24) is 4.90 Å². The molecule has 0 bridgehead atoms. The quantitative estimate of drug-likeness (QED) is 0.438. The zero-order chi connectivity index (χ0) is 24.2. The number of rotatable bonds is 6. The summed E-state index contributed by atoms with van der Waals surface area (Å²) in [6.07, 6.45) is 0.596. The number of anilines is 2. The second-order valence-corrected chi connectivity index (χ2v) is 9.57. The Morgan fingerprint density at radius 3 is 2.29 bits per heavy atom. The van der Waals surface area contributed by atoms with Crippen molar-refractivity contribution >= 4 is 46.4 Å². The number of amides is 2. The maximum atomic E-state index is 12.6. The van der Waals surface area contributed by atoms with Gasteiger partial charge in [-0.15, -0.1) is 0 Å². The highest BCUT2D eigenvalue weighted by atomic mass is 35.5. The Labute approximate surface area is 209 Å². The lowest BCUT2D eigenvalue weighted by Crippen LogP contribution is -2.49. The Hall–Kier alpha value is -2.96. The Morgan fingerprint density at radius 1 is 0.941 bits per heavy atom. The fraction of sp³-hybridized carbons (Fsp3) is 0.308. The van der Waals surface area contributed by atoms with Crippen molar-refractivity contribution in [3.05, 3.63) is 70.4 Å². The lowest BCUT2D eigenvalue weighted by molar-refractivity contribution is -0.132. The van der Waals surface area contributed by atoms with E-state index < -0.39 is 0 Å². The lowest BCUT2D eigenvalue weighted by atomic mass is 10.1. The van der Waals surface area contributed by atoms with Crippen LogP contribution in [-0.4, -0.2) is 42.9 Å². The van der Waals surface area contributed by atoms with Gasteiger partial charge in [0.2, 0.25) is 5.91 Å². The first-order valence-electron chi connectivity index (χ1n) is 11.3. The van der Waals surface area contributed by atoms with Crippen LogP contribution in [0.25, 0.3) is 11.3 Å². The molecule has 1 aliphatic rings. The minimum Gasteiger partial charge on any atom is -0.451 e.